The van der Waals surface area contributed by atoms with E-state index >= 15 is 0 Å². The molecule has 1 aliphatic carbocycles. The number of nitrogens with one attached hydrogen (secondary N) is 1. The number of hydrogen-bond acceptors (Lipinski definition) is 1. The molecule has 2 rings (SSSR count). The first-order valence-corrected chi connectivity index (χ1v) is 9.02. The lowest BCUT2D eigenvalue weighted by Crippen LogP contribution is -2.42. The van der Waals surface area contributed by atoms with Crippen molar-refractivity contribution in [2.24, 2.45) is 11.8 Å². The van der Waals surface area contributed by atoms with Crippen LogP contribution in [0.4, 0.5) is 13.2 Å². The Kier molecular flexibility index (Phi) is 6.17. The van der Waals surface area contributed by atoms with Gasteiger partial charge >= 0.3 is 6.18 Å². The summed E-state index contributed by atoms with van der Waals surface area (Å²) in [6, 6.07) is 9.96. The zero-order valence-corrected chi connectivity index (χ0v) is 15.2. The first-order valence-electron chi connectivity index (χ1n) is 9.02. The van der Waals surface area contributed by atoms with Gasteiger partial charge in [-0.3, -0.25) is 4.79 Å². The minimum absolute atomic E-state index is 0.0792. The Bertz CT molecular complexity index is 568. The molecule has 0 saturated heterocycles. The zero-order valence-electron chi connectivity index (χ0n) is 15.2. The topological polar surface area (TPSA) is 29.1 Å². The van der Waals surface area contributed by atoms with E-state index in [0.29, 0.717) is 12.8 Å². The molecule has 1 N–H and O–H groups in total. The normalized spacial score (nSPS) is 23.1. The van der Waals surface area contributed by atoms with Crippen LogP contribution in [0.25, 0.3) is 0 Å². The second-order valence-corrected chi connectivity index (χ2v) is 7.97. The minimum Gasteiger partial charge on any atom is -0.353 e. The standard InChI is InChI=1S/C20H28F3NO/c1-14(13-19(2,3)16-9-5-4-6-10-16)24-18(25)15-8-7-11-17(12-15)20(21,22)23/h4-6,9-10,14-15,17H,7-8,11-13H2,1-3H3,(H,24,25). The van der Waals surface area contributed by atoms with Gasteiger partial charge in [-0.05, 0) is 43.6 Å². The molecular weight excluding hydrogens is 327 g/mol. The van der Waals surface area contributed by atoms with Crippen LogP contribution in [0.15, 0.2) is 30.3 Å². The fourth-order valence-corrected chi connectivity index (χ4v) is 3.91. The Morgan fingerprint density at radius 3 is 2.44 bits per heavy atom. The Labute approximate surface area is 148 Å². The van der Waals surface area contributed by atoms with Gasteiger partial charge in [0, 0.05) is 12.0 Å². The van der Waals surface area contributed by atoms with Gasteiger partial charge in [-0.2, -0.15) is 13.2 Å². The summed E-state index contributed by atoms with van der Waals surface area (Å²) in [4.78, 5) is 12.4. The SMILES string of the molecule is CC(CC(C)(C)c1ccccc1)NC(=O)C1CCCC(C(F)(F)F)C1. The number of amides is 1. The lowest BCUT2D eigenvalue weighted by Gasteiger charge is -2.32. The van der Waals surface area contributed by atoms with Gasteiger partial charge in [-0.1, -0.05) is 50.6 Å². The number of carbonyl (C=O) groups is 1. The van der Waals surface area contributed by atoms with Crippen molar-refractivity contribution < 1.29 is 18.0 Å². The van der Waals surface area contributed by atoms with E-state index in [-0.39, 0.29) is 30.2 Å². The summed E-state index contributed by atoms with van der Waals surface area (Å²) in [6.07, 6.45) is -2.38. The zero-order chi connectivity index (χ0) is 18.7. The summed E-state index contributed by atoms with van der Waals surface area (Å²) in [5.74, 6) is -2.10. The van der Waals surface area contributed by atoms with Gasteiger partial charge in [0.2, 0.25) is 5.91 Å². The van der Waals surface area contributed by atoms with Gasteiger partial charge < -0.3 is 5.32 Å². The highest BCUT2D eigenvalue weighted by atomic mass is 19.4. The molecule has 3 unspecified atom stereocenters. The molecule has 1 saturated carbocycles. The maximum Gasteiger partial charge on any atom is 0.391 e. The molecule has 25 heavy (non-hydrogen) atoms. The van der Waals surface area contributed by atoms with E-state index in [2.05, 4.69) is 31.3 Å². The highest BCUT2D eigenvalue weighted by molar-refractivity contribution is 5.79. The molecule has 0 aromatic heterocycles. The Hall–Kier alpha value is -1.52. The van der Waals surface area contributed by atoms with Crippen LogP contribution >= 0.6 is 0 Å². The number of halogens is 3. The summed E-state index contributed by atoms with van der Waals surface area (Å²) in [5.41, 5.74) is 1.07. The van der Waals surface area contributed by atoms with Crippen LogP contribution in [0.3, 0.4) is 0 Å². The number of alkyl halides is 3. The van der Waals surface area contributed by atoms with Crippen LogP contribution in [-0.2, 0) is 10.2 Å². The summed E-state index contributed by atoms with van der Waals surface area (Å²) in [6.45, 7) is 6.16. The molecule has 1 fully saturated rings. The minimum atomic E-state index is -4.19. The molecule has 0 bridgehead atoms. The first kappa shape index (κ1) is 19.8. The summed E-state index contributed by atoms with van der Waals surface area (Å²) < 4.78 is 38.8. The van der Waals surface area contributed by atoms with Crippen molar-refractivity contribution in [2.75, 3.05) is 0 Å². The molecule has 0 heterocycles. The summed E-state index contributed by atoms with van der Waals surface area (Å²) in [5, 5.41) is 2.94. The predicted octanol–water partition coefficient (Wildman–Crippen LogP) is 5.23. The summed E-state index contributed by atoms with van der Waals surface area (Å²) >= 11 is 0. The Morgan fingerprint density at radius 1 is 1.20 bits per heavy atom. The van der Waals surface area contributed by atoms with Gasteiger partial charge in [0.05, 0.1) is 5.92 Å². The van der Waals surface area contributed by atoms with Crippen LogP contribution in [0.2, 0.25) is 0 Å². The number of carbonyl (C=O) groups excluding carboxylic acids is 1. The molecule has 5 heteroatoms. The number of benzene rings is 1. The molecule has 140 valence electrons. The van der Waals surface area contributed by atoms with Gasteiger partial charge in [-0.25, -0.2) is 0 Å². The second-order valence-electron chi connectivity index (χ2n) is 7.97. The van der Waals surface area contributed by atoms with Crippen molar-refractivity contribution in [2.45, 2.75) is 70.5 Å². The molecule has 2 nitrogen and oxygen atoms in total. The third-order valence-electron chi connectivity index (χ3n) is 5.27. The van der Waals surface area contributed by atoms with Crippen molar-refractivity contribution in [3.63, 3.8) is 0 Å². The van der Waals surface area contributed by atoms with Crippen LogP contribution in [0.1, 0.15) is 58.4 Å². The van der Waals surface area contributed by atoms with E-state index in [1.165, 1.54) is 5.56 Å². The van der Waals surface area contributed by atoms with Crippen LogP contribution in [0.5, 0.6) is 0 Å². The number of hydrogen-bond donors (Lipinski definition) is 1. The summed E-state index contributed by atoms with van der Waals surface area (Å²) in [7, 11) is 0. The molecule has 0 spiro atoms. The van der Waals surface area contributed by atoms with Gasteiger partial charge in [-0.15, -0.1) is 0 Å². The molecule has 1 aliphatic rings. The predicted molar refractivity (Wildman–Crippen MR) is 93.2 cm³/mol. The quantitative estimate of drug-likeness (QED) is 0.770. The van der Waals surface area contributed by atoms with E-state index < -0.39 is 18.0 Å². The van der Waals surface area contributed by atoms with E-state index in [9.17, 15) is 18.0 Å². The van der Waals surface area contributed by atoms with Gasteiger partial charge in [0.15, 0.2) is 0 Å². The highest BCUT2D eigenvalue weighted by Gasteiger charge is 2.43. The fourth-order valence-electron chi connectivity index (χ4n) is 3.91. The highest BCUT2D eigenvalue weighted by Crippen LogP contribution is 2.40. The van der Waals surface area contributed by atoms with E-state index in [0.717, 1.165) is 6.42 Å². The van der Waals surface area contributed by atoms with Gasteiger partial charge in [0.1, 0.15) is 0 Å². The Balaban J connectivity index is 1.91. The Morgan fingerprint density at radius 2 is 1.84 bits per heavy atom. The fraction of sp³-hybridized carbons (Fsp3) is 0.650. The largest absolute Gasteiger partial charge is 0.391 e. The van der Waals surface area contributed by atoms with E-state index in [1.54, 1.807) is 0 Å². The average Bonchev–Trinajstić information content (AvgIpc) is 2.54. The third-order valence-corrected chi connectivity index (χ3v) is 5.27. The molecule has 3 atom stereocenters. The van der Waals surface area contributed by atoms with E-state index in [4.69, 9.17) is 0 Å². The van der Waals surface area contributed by atoms with Crippen molar-refractivity contribution >= 4 is 5.91 Å². The average molecular weight is 355 g/mol. The molecule has 1 aromatic carbocycles. The maximum atomic E-state index is 12.9. The molecule has 0 radical (unpaired) electrons. The van der Waals surface area contributed by atoms with Crippen molar-refractivity contribution in [1.29, 1.82) is 0 Å². The molecule has 1 amide bonds. The van der Waals surface area contributed by atoms with Crippen LogP contribution in [0, 0.1) is 11.8 Å². The smallest absolute Gasteiger partial charge is 0.353 e. The van der Waals surface area contributed by atoms with Crippen LogP contribution in [-0.4, -0.2) is 18.1 Å². The van der Waals surface area contributed by atoms with Crippen molar-refractivity contribution in [1.82, 2.24) is 5.32 Å². The third kappa shape index (κ3) is 5.48. The monoisotopic (exact) mass is 355 g/mol. The second kappa shape index (κ2) is 7.79. The lowest BCUT2D eigenvalue weighted by atomic mass is 9.78. The lowest BCUT2D eigenvalue weighted by molar-refractivity contribution is -0.186. The van der Waals surface area contributed by atoms with E-state index in [1.807, 2.05) is 25.1 Å². The maximum absolute atomic E-state index is 12.9. The number of rotatable bonds is 5. The van der Waals surface area contributed by atoms with Crippen molar-refractivity contribution in [3.8, 4) is 0 Å². The van der Waals surface area contributed by atoms with Gasteiger partial charge in [0.25, 0.3) is 0 Å². The first-order chi connectivity index (χ1) is 11.6. The van der Waals surface area contributed by atoms with Crippen LogP contribution < -0.4 is 5.32 Å². The molecular formula is C20H28F3NO. The molecule has 0 aliphatic heterocycles. The molecule has 1 aromatic rings. The van der Waals surface area contributed by atoms with Crippen molar-refractivity contribution in [3.05, 3.63) is 35.9 Å².